The molecule has 1 aromatic rings. The van der Waals surface area contributed by atoms with Gasteiger partial charge in [-0.3, -0.25) is 0 Å². The van der Waals surface area contributed by atoms with E-state index in [9.17, 15) is 0 Å². The van der Waals surface area contributed by atoms with Gasteiger partial charge in [-0.1, -0.05) is 44.2 Å². The summed E-state index contributed by atoms with van der Waals surface area (Å²) < 4.78 is 0. The second kappa shape index (κ2) is 5.03. The Morgan fingerprint density at radius 2 is 1.69 bits per heavy atom. The zero-order chi connectivity index (χ0) is 9.68. The second-order valence-electron chi connectivity index (χ2n) is 3.99. The highest BCUT2D eigenvalue weighted by Crippen LogP contribution is 2.17. The Kier molecular flexibility index (Phi) is 3.97. The van der Waals surface area contributed by atoms with Crippen molar-refractivity contribution in [2.75, 3.05) is 0 Å². The Balaban J connectivity index is 2.44. The lowest BCUT2D eigenvalue weighted by molar-refractivity contribution is 0.507. The Morgan fingerprint density at radius 3 is 2.23 bits per heavy atom. The number of rotatable bonds is 4. The van der Waals surface area contributed by atoms with E-state index in [4.69, 9.17) is 5.73 Å². The van der Waals surface area contributed by atoms with E-state index in [1.54, 1.807) is 0 Å². The highest BCUT2D eigenvalue weighted by molar-refractivity contribution is 5.18. The molecule has 1 heteroatoms. The van der Waals surface area contributed by atoms with Crippen molar-refractivity contribution in [2.45, 2.75) is 32.7 Å². The molecule has 72 valence electrons. The molecule has 0 aromatic heterocycles. The van der Waals surface area contributed by atoms with Gasteiger partial charge in [0.15, 0.2) is 0 Å². The van der Waals surface area contributed by atoms with Crippen molar-refractivity contribution in [2.24, 2.45) is 11.7 Å². The van der Waals surface area contributed by atoms with Crippen LogP contribution in [0, 0.1) is 5.92 Å². The zero-order valence-corrected chi connectivity index (χ0v) is 8.53. The Labute approximate surface area is 81.0 Å². The summed E-state index contributed by atoms with van der Waals surface area (Å²) in [5, 5.41) is 0. The Morgan fingerprint density at radius 1 is 1.08 bits per heavy atom. The third-order valence-electron chi connectivity index (χ3n) is 2.28. The quantitative estimate of drug-likeness (QED) is 0.751. The van der Waals surface area contributed by atoms with Gasteiger partial charge in [-0.25, -0.2) is 0 Å². The van der Waals surface area contributed by atoms with Gasteiger partial charge >= 0.3 is 0 Å². The van der Waals surface area contributed by atoms with Crippen LogP contribution in [0.1, 0.15) is 38.3 Å². The second-order valence-corrected chi connectivity index (χ2v) is 3.99. The predicted molar refractivity (Wildman–Crippen MR) is 57.4 cm³/mol. The SMILES string of the molecule is CC(C)CC[C@@H](N)c1ccccc1. The minimum Gasteiger partial charge on any atom is -0.324 e. The van der Waals surface area contributed by atoms with Crippen LogP contribution in [0.2, 0.25) is 0 Å². The van der Waals surface area contributed by atoms with Gasteiger partial charge < -0.3 is 5.73 Å². The molecule has 0 saturated carbocycles. The van der Waals surface area contributed by atoms with Crippen molar-refractivity contribution in [3.05, 3.63) is 35.9 Å². The molecule has 0 amide bonds. The third-order valence-corrected chi connectivity index (χ3v) is 2.28. The molecular weight excluding hydrogens is 158 g/mol. The maximum atomic E-state index is 6.04. The average Bonchev–Trinajstić information content (AvgIpc) is 2.15. The first-order valence-electron chi connectivity index (χ1n) is 5.00. The highest BCUT2D eigenvalue weighted by Gasteiger charge is 2.05. The Hall–Kier alpha value is -0.820. The van der Waals surface area contributed by atoms with Gasteiger partial charge in [0.1, 0.15) is 0 Å². The molecular formula is C12H19N. The molecule has 0 saturated heterocycles. The van der Waals surface area contributed by atoms with Gasteiger partial charge in [0.05, 0.1) is 0 Å². The van der Waals surface area contributed by atoms with Crippen molar-refractivity contribution in [1.82, 2.24) is 0 Å². The molecule has 0 spiro atoms. The van der Waals surface area contributed by atoms with Crippen LogP contribution >= 0.6 is 0 Å². The third kappa shape index (κ3) is 3.60. The van der Waals surface area contributed by atoms with E-state index < -0.39 is 0 Å². The van der Waals surface area contributed by atoms with Gasteiger partial charge in [0.25, 0.3) is 0 Å². The van der Waals surface area contributed by atoms with Gasteiger partial charge in [-0.2, -0.15) is 0 Å². The van der Waals surface area contributed by atoms with Crippen LogP contribution in [-0.4, -0.2) is 0 Å². The number of hydrogen-bond donors (Lipinski definition) is 1. The van der Waals surface area contributed by atoms with Crippen LogP contribution in [0.25, 0.3) is 0 Å². The fourth-order valence-electron chi connectivity index (χ4n) is 1.38. The van der Waals surface area contributed by atoms with Crippen LogP contribution in [0.3, 0.4) is 0 Å². The average molecular weight is 177 g/mol. The first kappa shape index (κ1) is 10.3. The van der Waals surface area contributed by atoms with Crippen molar-refractivity contribution in [1.29, 1.82) is 0 Å². The predicted octanol–water partition coefficient (Wildman–Crippen LogP) is 3.12. The van der Waals surface area contributed by atoms with Gasteiger partial charge in [-0.05, 0) is 24.3 Å². The first-order valence-corrected chi connectivity index (χ1v) is 5.00. The molecule has 13 heavy (non-hydrogen) atoms. The molecule has 0 unspecified atom stereocenters. The lowest BCUT2D eigenvalue weighted by atomic mass is 9.98. The molecule has 0 fully saturated rings. The van der Waals surface area contributed by atoms with Crippen LogP contribution < -0.4 is 5.73 Å². The Bertz CT molecular complexity index is 228. The summed E-state index contributed by atoms with van der Waals surface area (Å²) in [6.07, 6.45) is 2.29. The van der Waals surface area contributed by atoms with E-state index in [0.29, 0.717) is 0 Å². The molecule has 1 atom stereocenters. The van der Waals surface area contributed by atoms with E-state index in [-0.39, 0.29) is 6.04 Å². The molecule has 0 bridgehead atoms. The highest BCUT2D eigenvalue weighted by atomic mass is 14.6. The van der Waals surface area contributed by atoms with Crippen LogP contribution in [0.4, 0.5) is 0 Å². The maximum absolute atomic E-state index is 6.04. The van der Waals surface area contributed by atoms with Gasteiger partial charge in [0.2, 0.25) is 0 Å². The molecule has 1 nitrogen and oxygen atoms in total. The summed E-state index contributed by atoms with van der Waals surface area (Å²) in [7, 11) is 0. The molecule has 1 aromatic carbocycles. The van der Waals surface area contributed by atoms with E-state index in [2.05, 4.69) is 26.0 Å². The molecule has 0 aliphatic rings. The topological polar surface area (TPSA) is 26.0 Å². The molecule has 0 heterocycles. The summed E-state index contributed by atoms with van der Waals surface area (Å²) >= 11 is 0. The first-order chi connectivity index (χ1) is 6.20. The maximum Gasteiger partial charge on any atom is 0.0294 e. The summed E-state index contributed by atoms with van der Waals surface area (Å²) in [4.78, 5) is 0. The molecule has 0 aliphatic carbocycles. The van der Waals surface area contributed by atoms with E-state index in [1.807, 2.05) is 18.2 Å². The van der Waals surface area contributed by atoms with Gasteiger partial charge in [0, 0.05) is 6.04 Å². The number of benzene rings is 1. The number of hydrogen-bond acceptors (Lipinski definition) is 1. The lowest BCUT2D eigenvalue weighted by Gasteiger charge is -2.12. The minimum absolute atomic E-state index is 0.212. The van der Waals surface area contributed by atoms with Crippen molar-refractivity contribution in [3.63, 3.8) is 0 Å². The molecule has 1 rings (SSSR count). The largest absolute Gasteiger partial charge is 0.324 e. The monoisotopic (exact) mass is 177 g/mol. The van der Waals surface area contributed by atoms with E-state index in [0.717, 1.165) is 12.3 Å². The normalized spacial score (nSPS) is 13.2. The summed E-state index contributed by atoms with van der Waals surface area (Å²) in [5.74, 6) is 0.745. The smallest absolute Gasteiger partial charge is 0.0294 e. The van der Waals surface area contributed by atoms with Crippen LogP contribution in [-0.2, 0) is 0 Å². The summed E-state index contributed by atoms with van der Waals surface area (Å²) in [5.41, 5.74) is 7.30. The fourth-order valence-corrected chi connectivity index (χ4v) is 1.38. The minimum atomic E-state index is 0.212. The summed E-state index contributed by atoms with van der Waals surface area (Å²) in [6.45, 7) is 4.47. The molecule has 0 aliphatic heterocycles. The number of nitrogens with two attached hydrogens (primary N) is 1. The van der Waals surface area contributed by atoms with E-state index >= 15 is 0 Å². The van der Waals surface area contributed by atoms with Crippen molar-refractivity contribution < 1.29 is 0 Å². The molecule has 2 N–H and O–H groups in total. The van der Waals surface area contributed by atoms with Gasteiger partial charge in [-0.15, -0.1) is 0 Å². The molecule has 0 radical (unpaired) electrons. The summed E-state index contributed by atoms with van der Waals surface area (Å²) in [6, 6.07) is 10.5. The standard InChI is InChI=1S/C12H19N/c1-10(2)8-9-12(13)11-6-4-3-5-7-11/h3-7,10,12H,8-9,13H2,1-2H3/t12-/m1/s1. The van der Waals surface area contributed by atoms with Crippen LogP contribution in [0.5, 0.6) is 0 Å². The van der Waals surface area contributed by atoms with E-state index in [1.165, 1.54) is 12.0 Å². The van der Waals surface area contributed by atoms with Crippen molar-refractivity contribution >= 4 is 0 Å². The fraction of sp³-hybridized carbons (Fsp3) is 0.500. The van der Waals surface area contributed by atoms with Crippen molar-refractivity contribution in [3.8, 4) is 0 Å². The lowest BCUT2D eigenvalue weighted by Crippen LogP contribution is -2.10. The van der Waals surface area contributed by atoms with Crippen LogP contribution in [0.15, 0.2) is 30.3 Å². The zero-order valence-electron chi connectivity index (χ0n) is 8.53.